The number of benzene rings is 5. The summed E-state index contributed by atoms with van der Waals surface area (Å²) in [6.07, 6.45) is -3.30. The van der Waals surface area contributed by atoms with Crippen LogP contribution in [0.2, 0.25) is 5.04 Å². The van der Waals surface area contributed by atoms with Crippen LogP contribution in [0.15, 0.2) is 157 Å². The van der Waals surface area contributed by atoms with Gasteiger partial charge in [-0.05, 0) is 39.7 Å². The third-order valence-corrected chi connectivity index (χ3v) is 15.5. The average Bonchev–Trinajstić information content (AvgIpc) is 3.16. The van der Waals surface area contributed by atoms with Crippen LogP contribution in [0.25, 0.3) is 0 Å². The summed E-state index contributed by atoms with van der Waals surface area (Å²) in [5, 5.41) is 1.89. The summed E-state index contributed by atoms with van der Waals surface area (Å²) in [6.45, 7) is 7.02. The minimum atomic E-state index is -3.19. The van der Waals surface area contributed by atoms with Gasteiger partial charge in [-0.2, -0.15) is 0 Å². The molecule has 2 heterocycles. The molecule has 2 fully saturated rings. The molecule has 8 heteroatoms. The van der Waals surface area contributed by atoms with Crippen LogP contribution in [0.1, 0.15) is 43.0 Å². The third kappa shape index (κ3) is 7.10. The predicted octanol–water partition coefficient (Wildman–Crippen LogP) is 7.79. The number of hydrogen-bond acceptors (Lipinski definition) is 7. The van der Waals surface area contributed by atoms with Crippen molar-refractivity contribution in [3.8, 4) is 0 Å². The summed E-state index contributed by atoms with van der Waals surface area (Å²) in [7, 11) is -3.19. The van der Waals surface area contributed by atoms with Gasteiger partial charge in [-0.25, -0.2) is 4.79 Å². The Bertz CT molecular complexity index is 1780. The molecule has 0 N–H and O–H groups in total. The highest BCUT2D eigenvalue weighted by atomic mass is 32.2. The van der Waals surface area contributed by atoms with E-state index in [4.69, 9.17) is 23.4 Å². The molecule has 0 amide bonds. The van der Waals surface area contributed by atoms with E-state index in [-0.39, 0.29) is 11.6 Å². The molecule has 256 valence electrons. The molecular weight excluding hydrogens is 661 g/mol. The number of fused-ring (bicyclic) bond motifs is 1. The van der Waals surface area contributed by atoms with Gasteiger partial charge in [0.05, 0.1) is 12.2 Å². The Balaban J connectivity index is 1.39. The summed E-state index contributed by atoms with van der Waals surface area (Å²) in [6, 6.07) is 50.0. The molecule has 5 aromatic carbocycles. The first-order valence-electron chi connectivity index (χ1n) is 17.1. The van der Waals surface area contributed by atoms with Crippen LogP contribution in [0.3, 0.4) is 0 Å². The number of esters is 1. The average molecular weight is 703 g/mol. The molecule has 0 radical (unpaired) electrons. The van der Waals surface area contributed by atoms with Crippen molar-refractivity contribution in [1.29, 1.82) is 0 Å². The van der Waals surface area contributed by atoms with Gasteiger partial charge in [0, 0.05) is 10.5 Å². The SMILES string of the molecule is CC(C)(C)[Si](O[C@@H]1[C@@H](OC(=O)c2ccccc2)[C@H](Sc2ccccc2)O[C@@H]2COC(c3ccccc3)O[C@@H]12)(c1ccccc1)c1ccccc1. The highest BCUT2D eigenvalue weighted by molar-refractivity contribution is 7.99. The first-order chi connectivity index (χ1) is 24.3. The van der Waals surface area contributed by atoms with E-state index in [9.17, 15) is 4.79 Å². The van der Waals surface area contributed by atoms with Crippen LogP contribution in [0.5, 0.6) is 0 Å². The van der Waals surface area contributed by atoms with Crippen LogP contribution in [0, 0.1) is 0 Å². The third-order valence-electron chi connectivity index (χ3n) is 9.33. The van der Waals surface area contributed by atoms with Crippen molar-refractivity contribution in [1.82, 2.24) is 0 Å². The van der Waals surface area contributed by atoms with E-state index in [1.165, 1.54) is 11.8 Å². The molecule has 7 rings (SSSR count). The van der Waals surface area contributed by atoms with Crippen molar-refractivity contribution in [3.05, 3.63) is 163 Å². The van der Waals surface area contributed by atoms with Crippen LogP contribution < -0.4 is 10.4 Å². The summed E-state index contributed by atoms with van der Waals surface area (Å²) < 4.78 is 34.5. The number of thioether (sulfide) groups is 1. The van der Waals surface area contributed by atoms with Crippen molar-refractivity contribution in [2.24, 2.45) is 0 Å². The van der Waals surface area contributed by atoms with Gasteiger partial charge in [0.1, 0.15) is 23.7 Å². The Morgan fingerprint density at radius 3 is 1.76 bits per heavy atom. The number of hydrogen-bond donors (Lipinski definition) is 0. The minimum Gasteiger partial charge on any atom is -0.452 e. The van der Waals surface area contributed by atoms with Crippen molar-refractivity contribution >= 4 is 36.4 Å². The van der Waals surface area contributed by atoms with Crippen molar-refractivity contribution < 1.29 is 28.2 Å². The standard InChI is InChI=1S/C42H42O6SSi/c1-42(2,3)50(33-25-15-7-16-26-33,34-27-17-8-18-28-34)48-37-36-35(29-44-40(47-36)31-21-11-5-12-22-31)45-41(49-32-23-13-6-14-24-32)38(37)46-39(43)30-19-9-4-10-20-30/h4-28,35-38,40-41H,29H2,1-3H3/t35-,36-,37+,38-,40?,41+/m1/s1. The lowest BCUT2D eigenvalue weighted by molar-refractivity contribution is -0.315. The second kappa shape index (κ2) is 15.1. The van der Waals surface area contributed by atoms with Crippen LogP contribution in [-0.4, -0.2) is 50.7 Å². The largest absolute Gasteiger partial charge is 0.452 e. The maximum absolute atomic E-state index is 14.0. The molecule has 2 saturated heterocycles. The molecule has 6 atom stereocenters. The van der Waals surface area contributed by atoms with E-state index in [0.29, 0.717) is 5.56 Å². The van der Waals surface area contributed by atoms with Gasteiger partial charge < -0.3 is 23.4 Å². The maximum atomic E-state index is 14.0. The van der Waals surface area contributed by atoms with Crippen molar-refractivity contribution in [3.63, 3.8) is 0 Å². The zero-order valence-corrected chi connectivity index (χ0v) is 30.3. The first-order valence-corrected chi connectivity index (χ1v) is 19.9. The summed E-state index contributed by atoms with van der Waals surface area (Å²) in [5.41, 5.74) is 0.737. The van der Waals surface area contributed by atoms with Crippen molar-refractivity contribution in [2.75, 3.05) is 6.61 Å². The summed E-state index contributed by atoms with van der Waals surface area (Å²) >= 11 is 1.52. The van der Waals surface area contributed by atoms with Crippen LogP contribution in [-0.2, 0) is 23.4 Å². The molecule has 0 saturated carbocycles. The topological polar surface area (TPSA) is 63.2 Å². The number of ether oxygens (including phenoxy) is 4. The fourth-order valence-electron chi connectivity index (χ4n) is 6.97. The van der Waals surface area contributed by atoms with E-state index in [0.717, 1.165) is 20.8 Å². The second-order valence-corrected chi connectivity index (χ2v) is 19.1. The van der Waals surface area contributed by atoms with Gasteiger partial charge in [0.15, 0.2) is 12.4 Å². The lowest BCUT2D eigenvalue weighted by Crippen LogP contribution is -2.72. The highest BCUT2D eigenvalue weighted by Crippen LogP contribution is 2.45. The monoisotopic (exact) mass is 702 g/mol. The van der Waals surface area contributed by atoms with Crippen LogP contribution >= 0.6 is 11.8 Å². The predicted molar refractivity (Wildman–Crippen MR) is 199 cm³/mol. The van der Waals surface area contributed by atoms with E-state index in [2.05, 4.69) is 69.3 Å². The zero-order valence-electron chi connectivity index (χ0n) is 28.5. The number of carbonyl (C=O) groups is 1. The van der Waals surface area contributed by atoms with Crippen LogP contribution in [0.4, 0.5) is 0 Å². The first kappa shape index (κ1) is 34.4. The maximum Gasteiger partial charge on any atom is 0.338 e. The molecule has 0 bridgehead atoms. The normalized spacial score (nSPS) is 23.8. The van der Waals surface area contributed by atoms with Gasteiger partial charge in [-0.15, -0.1) is 0 Å². The zero-order chi connectivity index (χ0) is 34.6. The summed E-state index contributed by atoms with van der Waals surface area (Å²) in [5.74, 6) is -0.445. The molecule has 0 spiro atoms. The molecule has 2 aliphatic heterocycles. The molecule has 50 heavy (non-hydrogen) atoms. The lowest BCUT2D eigenvalue weighted by atomic mass is 9.98. The Morgan fingerprint density at radius 1 is 0.680 bits per heavy atom. The molecule has 0 aliphatic carbocycles. The molecular formula is C42H42O6SSi. The molecule has 2 aliphatic rings. The minimum absolute atomic E-state index is 0.288. The number of rotatable bonds is 9. The second-order valence-electron chi connectivity index (χ2n) is 13.6. The molecule has 6 nitrogen and oxygen atoms in total. The summed E-state index contributed by atoms with van der Waals surface area (Å²) in [4.78, 5) is 15.0. The molecule has 1 unspecified atom stereocenters. The van der Waals surface area contributed by atoms with E-state index >= 15 is 0 Å². The Hall–Kier alpha value is -4.02. The lowest BCUT2D eigenvalue weighted by Gasteiger charge is -2.53. The Kier molecular flexibility index (Phi) is 10.4. The molecule has 0 aromatic heterocycles. The van der Waals surface area contributed by atoms with E-state index in [1.54, 1.807) is 12.1 Å². The Labute approximate surface area is 299 Å². The van der Waals surface area contributed by atoms with Gasteiger partial charge >= 0.3 is 5.97 Å². The number of carbonyl (C=O) groups excluding carboxylic acids is 1. The van der Waals surface area contributed by atoms with Gasteiger partial charge in [-0.3, -0.25) is 0 Å². The van der Waals surface area contributed by atoms with E-state index < -0.39 is 50.4 Å². The van der Waals surface area contributed by atoms with E-state index in [1.807, 2.05) is 91.0 Å². The smallest absolute Gasteiger partial charge is 0.338 e. The fraction of sp³-hybridized carbons (Fsp3) is 0.262. The van der Waals surface area contributed by atoms with Crippen molar-refractivity contribution in [2.45, 2.75) is 66.8 Å². The van der Waals surface area contributed by atoms with Gasteiger partial charge in [0.2, 0.25) is 0 Å². The quantitative estimate of drug-likeness (QED) is 0.115. The van der Waals surface area contributed by atoms with Gasteiger partial charge in [-0.1, -0.05) is 160 Å². The Morgan fingerprint density at radius 2 is 1.20 bits per heavy atom. The highest BCUT2D eigenvalue weighted by Gasteiger charge is 2.59. The molecule has 5 aromatic rings. The fourth-order valence-corrected chi connectivity index (χ4v) is 12.8. The van der Waals surface area contributed by atoms with Gasteiger partial charge in [0.25, 0.3) is 8.32 Å².